The Kier molecular flexibility index (Phi) is 6.00. The molecule has 0 aliphatic carbocycles. The van der Waals surface area contributed by atoms with E-state index < -0.39 is 0 Å². The highest BCUT2D eigenvalue weighted by Crippen LogP contribution is 2.15. The number of aryl methyl sites for hydroxylation is 1. The Morgan fingerprint density at radius 2 is 1.90 bits per heavy atom. The molecule has 0 aliphatic rings. The molecule has 2 nitrogen and oxygen atoms in total. The summed E-state index contributed by atoms with van der Waals surface area (Å²) in [6.45, 7) is 2.69. The number of ketones is 1. The van der Waals surface area contributed by atoms with Gasteiger partial charge in [0.05, 0.1) is 6.61 Å². The van der Waals surface area contributed by atoms with Gasteiger partial charge in [0.1, 0.15) is 5.75 Å². The lowest BCUT2D eigenvalue weighted by Gasteiger charge is -2.07. The van der Waals surface area contributed by atoms with Gasteiger partial charge in [-0.15, -0.1) is 0 Å². The molecule has 0 spiro atoms. The van der Waals surface area contributed by atoms with Crippen LogP contribution < -0.4 is 4.74 Å². The number of hydrogen-bond acceptors (Lipinski definition) is 2. The van der Waals surface area contributed by atoms with E-state index in [1.807, 2.05) is 36.4 Å². The average Bonchev–Trinajstić information content (AvgIpc) is 2.52. The fourth-order valence-corrected chi connectivity index (χ4v) is 2.32. The molecular weight excluding hydrogens is 328 g/mol. The number of benzene rings is 2. The second-order valence-corrected chi connectivity index (χ2v) is 5.80. The minimum absolute atomic E-state index is 0.161. The molecule has 0 saturated heterocycles. The van der Waals surface area contributed by atoms with Gasteiger partial charge in [0.15, 0.2) is 5.78 Å². The fraction of sp³-hybridized carbons (Fsp3) is 0.278. The monoisotopic (exact) mass is 346 g/mol. The Hall–Kier alpha value is -1.61. The van der Waals surface area contributed by atoms with Crippen LogP contribution in [0.15, 0.2) is 53.0 Å². The van der Waals surface area contributed by atoms with Crippen LogP contribution in [0.4, 0.5) is 0 Å². The fourth-order valence-electron chi connectivity index (χ4n) is 2.06. The first-order valence-corrected chi connectivity index (χ1v) is 7.99. The zero-order chi connectivity index (χ0) is 15.1. The van der Waals surface area contributed by atoms with Crippen molar-refractivity contribution in [2.75, 3.05) is 6.61 Å². The number of Topliss-reactive ketones (excluding diaryl/α,β-unsaturated/α-hetero) is 1. The third-order valence-electron chi connectivity index (χ3n) is 3.29. The van der Waals surface area contributed by atoms with Crippen molar-refractivity contribution in [1.82, 2.24) is 0 Å². The summed E-state index contributed by atoms with van der Waals surface area (Å²) in [5, 5.41) is 0. The molecule has 0 N–H and O–H groups in total. The van der Waals surface area contributed by atoms with Crippen LogP contribution in [0.2, 0.25) is 0 Å². The number of carbonyl (C=O) groups is 1. The molecule has 0 bridgehead atoms. The van der Waals surface area contributed by atoms with Crippen molar-refractivity contribution in [3.63, 3.8) is 0 Å². The van der Waals surface area contributed by atoms with Crippen molar-refractivity contribution < 1.29 is 9.53 Å². The van der Waals surface area contributed by atoms with E-state index in [2.05, 4.69) is 35.0 Å². The molecule has 2 aromatic carbocycles. The highest BCUT2D eigenvalue weighted by molar-refractivity contribution is 9.10. The lowest BCUT2D eigenvalue weighted by Crippen LogP contribution is -2.04. The van der Waals surface area contributed by atoms with Gasteiger partial charge in [-0.3, -0.25) is 4.79 Å². The maximum atomic E-state index is 12.0. The predicted octanol–water partition coefficient (Wildman–Crippen LogP) is 5.05. The Balaban J connectivity index is 1.76. The minimum atomic E-state index is 0.161. The zero-order valence-corrected chi connectivity index (χ0v) is 13.7. The molecule has 0 fully saturated rings. The van der Waals surface area contributed by atoms with Crippen LogP contribution >= 0.6 is 15.9 Å². The van der Waals surface area contributed by atoms with E-state index in [0.717, 1.165) is 28.6 Å². The van der Waals surface area contributed by atoms with Crippen molar-refractivity contribution in [2.45, 2.75) is 26.2 Å². The first-order chi connectivity index (χ1) is 10.2. The summed E-state index contributed by atoms with van der Waals surface area (Å²) in [6, 6.07) is 15.6. The van der Waals surface area contributed by atoms with Gasteiger partial charge >= 0.3 is 0 Å². The molecule has 0 saturated carbocycles. The van der Waals surface area contributed by atoms with E-state index >= 15 is 0 Å². The van der Waals surface area contributed by atoms with E-state index in [1.165, 1.54) is 5.56 Å². The summed E-state index contributed by atoms with van der Waals surface area (Å²) >= 11 is 3.36. The van der Waals surface area contributed by atoms with Crippen LogP contribution in [0, 0.1) is 0 Å². The van der Waals surface area contributed by atoms with E-state index in [4.69, 9.17) is 4.74 Å². The van der Waals surface area contributed by atoms with E-state index in [1.54, 1.807) is 0 Å². The smallest absolute Gasteiger partial charge is 0.163 e. The highest BCUT2D eigenvalue weighted by atomic mass is 79.9. The summed E-state index contributed by atoms with van der Waals surface area (Å²) in [5.74, 6) is 1.04. The molecule has 2 aromatic rings. The first kappa shape index (κ1) is 15.8. The van der Waals surface area contributed by atoms with Gasteiger partial charge in [0.25, 0.3) is 0 Å². The summed E-state index contributed by atoms with van der Waals surface area (Å²) < 4.78 is 6.68. The topological polar surface area (TPSA) is 26.3 Å². The Morgan fingerprint density at radius 3 is 2.62 bits per heavy atom. The number of hydrogen-bond donors (Lipinski definition) is 0. The average molecular weight is 347 g/mol. The summed E-state index contributed by atoms with van der Waals surface area (Å²) in [5.41, 5.74) is 2.02. The van der Waals surface area contributed by atoms with Crippen LogP contribution in [0.25, 0.3) is 0 Å². The third kappa shape index (κ3) is 5.01. The molecule has 0 heterocycles. The van der Waals surface area contributed by atoms with Crippen molar-refractivity contribution in [2.24, 2.45) is 0 Å². The van der Waals surface area contributed by atoms with E-state index in [9.17, 15) is 4.79 Å². The molecule has 0 unspecified atom stereocenters. The number of rotatable bonds is 7. The Morgan fingerprint density at radius 1 is 1.14 bits per heavy atom. The zero-order valence-electron chi connectivity index (χ0n) is 12.1. The lowest BCUT2D eigenvalue weighted by molar-refractivity contribution is 0.0973. The van der Waals surface area contributed by atoms with Gasteiger partial charge in [-0.25, -0.2) is 0 Å². The van der Waals surface area contributed by atoms with Crippen LogP contribution in [-0.2, 0) is 6.42 Å². The summed E-state index contributed by atoms with van der Waals surface area (Å²) in [6.07, 6.45) is 2.24. The summed E-state index contributed by atoms with van der Waals surface area (Å²) in [4.78, 5) is 12.0. The number of ether oxygens (including phenoxy) is 1. The molecule has 0 radical (unpaired) electrons. The van der Waals surface area contributed by atoms with Gasteiger partial charge in [-0.05, 0) is 42.7 Å². The van der Waals surface area contributed by atoms with Crippen LogP contribution in [-0.4, -0.2) is 12.4 Å². The predicted molar refractivity (Wildman–Crippen MR) is 89.0 cm³/mol. The van der Waals surface area contributed by atoms with E-state index in [-0.39, 0.29) is 5.78 Å². The second-order valence-electron chi connectivity index (χ2n) is 4.88. The van der Waals surface area contributed by atoms with Crippen LogP contribution in [0.1, 0.15) is 35.7 Å². The van der Waals surface area contributed by atoms with Crippen molar-refractivity contribution >= 4 is 21.7 Å². The van der Waals surface area contributed by atoms with Crippen LogP contribution in [0.3, 0.4) is 0 Å². The molecular formula is C18H19BrO2. The second kappa shape index (κ2) is 7.99. The van der Waals surface area contributed by atoms with Crippen molar-refractivity contribution in [3.05, 3.63) is 64.1 Å². The van der Waals surface area contributed by atoms with Crippen molar-refractivity contribution in [1.29, 1.82) is 0 Å². The number of carbonyl (C=O) groups excluding carboxylic acids is 1. The quantitative estimate of drug-likeness (QED) is 0.517. The molecule has 21 heavy (non-hydrogen) atoms. The molecule has 0 aromatic heterocycles. The van der Waals surface area contributed by atoms with Gasteiger partial charge in [-0.1, -0.05) is 47.1 Å². The molecule has 110 valence electrons. The maximum absolute atomic E-state index is 12.0. The standard InChI is InChI=1S/C18H19BrO2/c1-2-14-5-3-6-17(13-14)21-12-4-7-18(20)15-8-10-16(19)11-9-15/h3,5-6,8-11,13H,2,4,7,12H2,1H3. The van der Waals surface area contributed by atoms with Crippen molar-refractivity contribution in [3.8, 4) is 5.75 Å². The first-order valence-electron chi connectivity index (χ1n) is 7.19. The molecule has 3 heteroatoms. The maximum Gasteiger partial charge on any atom is 0.163 e. The molecule has 2 rings (SSSR count). The normalized spacial score (nSPS) is 10.4. The number of halogens is 1. The molecule has 0 atom stereocenters. The Labute approximate surface area is 134 Å². The lowest BCUT2D eigenvalue weighted by atomic mass is 10.1. The van der Waals surface area contributed by atoms with Gasteiger partial charge in [0, 0.05) is 16.5 Å². The highest BCUT2D eigenvalue weighted by Gasteiger charge is 2.05. The Bertz CT molecular complexity index is 590. The molecule has 0 amide bonds. The van der Waals surface area contributed by atoms with E-state index in [0.29, 0.717) is 13.0 Å². The minimum Gasteiger partial charge on any atom is -0.494 e. The van der Waals surface area contributed by atoms with Gasteiger partial charge in [0.2, 0.25) is 0 Å². The van der Waals surface area contributed by atoms with Crippen LogP contribution in [0.5, 0.6) is 5.75 Å². The largest absolute Gasteiger partial charge is 0.494 e. The van der Waals surface area contributed by atoms with Gasteiger partial charge in [-0.2, -0.15) is 0 Å². The van der Waals surface area contributed by atoms with Gasteiger partial charge < -0.3 is 4.74 Å². The third-order valence-corrected chi connectivity index (χ3v) is 3.82. The molecule has 0 aliphatic heterocycles. The SMILES string of the molecule is CCc1cccc(OCCCC(=O)c2ccc(Br)cc2)c1. The summed E-state index contributed by atoms with van der Waals surface area (Å²) in [7, 11) is 0.